The Balaban J connectivity index is 2.46. The molecule has 0 aliphatic rings. The van der Waals surface area contributed by atoms with Crippen LogP contribution in [0.25, 0.3) is 0 Å². The second-order valence-corrected chi connectivity index (χ2v) is 8.11. The number of nitrogens with one attached hydrogen (secondary N) is 2. The van der Waals surface area contributed by atoms with E-state index >= 15 is 0 Å². The normalized spacial score (nSPS) is 12.0. The fraction of sp³-hybridized carbons (Fsp3) is 0.545. The zero-order valence-corrected chi connectivity index (χ0v) is 13.9. The van der Waals surface area contributed by atoms with Gasteiger partial charge < -0.3 is 10.1 Å². The molecule has 0 aromatic carbocycles. The van der Waals surface area contributed by atoms with Gasteiger partial charge in [-0.15, -0.1) is 11.3 Å². The average molecular weight is 351 g/mol. The van der Waals surface area contributed by atoms with Crippen molar-refractivity contribution < 1.29 is 22.9 Å². The van der Waals surface area contributed by atoms with E-state index in [1.807, 2.05) is 0 Å². The minimum Gasteiger partial charge on any atom is -0.444 e. The van der Waals surface area contributed by atoms with Gasteiger partial charge in [0.05, 0.1) is 10.3 Å². The third kappa shape index (κ3) is 5.95. The SMILES string of the molecule is CC(C)(C)OC(=O)NCCNS(=O)(=O)c1cc([N+](=O)[O-])cs1. The molecule has 1 aromatic heterocycles. The molecule has 1 heterocycles. The largest absolute Gasteiger partial charge is 0.444 e. The highest BCUT2D eigenvalue weighted by Gasteiger charge is 2.20. The number of amides is 1. The summed E-state index contributed by atoms with van der Waals surface area (Å²) in [5.74, 6) is 0. The van der Waals surface area contributed by atoms with Gasteiger partial charge in [-0.3, -0.25) is 10.1 Å². The zero-order valence-electron chi connectivity index (χ0n) is 12.3. The number of thiophene rings is 1. The van der Waals surface area contributed by atoms with Crippen LogP contribution in [0.5, 0.6) is 0 Å². The van der Waals surface area contributed by atoms with Gasteiger partial charge in [0, 0.05) is 19.2 Å². The molecule has 1 aromatic rings. The molecule has 0 radical (unpaired) electrons. The fourth-order valence-electron chi connectivity index (χ4n) is 1.28. The first kappa shape index (κ1) is 18.3. The van der Waals surface area contributed by atoms with E-state index in [1.165, 1.54) is 0 Å². The topological polar surface area (TPSA) is 128 Å². The summed E-state index contributed by atoms with van der Waals surface area (Å²) in [5, 5.41) is 14.1. The van der Waals surface area contributed by atoms with Crippen molar-refractivity contribution in [2.45, 2.75) is 30.6 Å². The lowest BCUT2D eigenvalue weighted by Gasteiger charge is -2.19. The quantitative estimate of drug-likeness (QED) is 0.454. The molecule has 11 heteroatoms. The first-order valence-electron chi connectivity index (χ1n) is 6.21. The predicted octanol–water partition coefficient (Wildman–Crippen LogP) is 1.46. The molecular weight excluding hydrogens is 334 g/mol. The highest BCUT2D eigenvalue weighted by Crippen LogP contribution is 2.24. The number of alkyl carbamates (subject to hydrolysis) is 1. The summed E-state index contributed by atoms with van der Waals surface area (Å²) in [6.45, 7) is 5.09. The number of carbonyl (C=O) groups is 1. The van der Waals surface area contributed by atoms with Gasteiger partial charge in [0.1, 0.15) is 9.81 Å². The van der Waals surface area contributed by atoms with Crippen LogP contribution in [0.3, 0.4) is 0 Å². The van der Waals surface area contributed by atoms with E-state index in [-0.39, 0.29) is 23.0 Å². The molecule has 1 rings (SSSR count). The Morgan fingerprint density at radius 3 is 2.55 bits per heavy atom. The third-order valence-electron chi connectivity index (χ3n) is 2.12. The maximum atomic E-state index is 11.9. The molecule has 0 aliphatic carbocycles. The van der Waals surface area contributed by atoms with Gasteiger partial charge >= 0.3 is 6.09 Å². The Morgan fingerprint density at radius 2 is 2.05 bits per heavy atom. The Morgan fingerprint density at radius 1 is 1.41 bits per heavy atom. The van der Waals surface area contributed by atoms with Gasteiger partial charge in [0.15, 0.2) is 0 Å². The molecule has 9 nitrogen and oxygen atoms in total. The lowest BCUT2D eigenvalue weighted by molar-refractivity contribution is -0.384. The monoisotopic (exact) mass is 351 g/mol. The highest BCUT2D eigenvalue weighted by molar-refractivity contribution is 7.91. The number of ether oxygens (including phenoxy) is 1. The van der Waals surface area contributed by atoms with Crippen LogP contribution in [0.1, 0.15) is 20.8 Å². The number of nitrogens with zero attached hydrogens (tertiary/aromatic N) is 1. The van der Waals surface area contributed by atoms with Crippen LogP contribution in [-0.2, 0) is 14.8 Å². The number of sulfonamides is 1. The standard InChI is InChI=1S/C11H17N3O6S2/c1-11(2,3)20-10(15)12-4-5-13-22(18,19)9-6-8(7-21-9)14(16)17/h6-7,13H,4-5H2,1-3H3,(H,12,15). The van der Waals surface area contributed by atoms with Crippen LogP contribution in [0.15, 0.2) is 15.7 Å². The van der Waals surface area contributed by atoms with E-state index in [9.17, 15) is 23.3 Å². The molecule has 0 bridgehead atoms. The molecule has 0 fully saturated rings. The van der Waals surface area contributed by atoms with Crippen molar-refractivity contribution >= 4 is 33.1 Å². The maximum Gasteiger partial charge on any atom is 0.407 e. The van der Waals surface area contributed by atoms with Crippen molar-refractivity contribution in [3.63, 3.8) is 0 Å². The molecule has 1 amide bonds. The van der Waals surface area contributed by atoms with E-state index in [0.717, 1.165) is 22.8 Å². The molecule has 0 spiro atoms. The van der Waals surface area contributed by atoms with Crippen LogP contribution in [-0.4, -0.2) is 38.1 Å². The maximum absolute atomic E-state index is 11.9. The summed E-state index contributed by atoms with van der Waals surface area (Å²) in [6.07, 6.45) is -0.654. The summed E-state index contributed by atoms with van der Waals surface area (Å²) in [7, 11) is -3.83. The molecule has 22 heavy (non-hydrogen) atoms. The fourth-order valence-corrected chi connectivity index (χ4v) is 3.48. The van der Waals surface area contributed by atoms with Crippen molar-refractivity contribution in [2.75, 3.05) is 13.1 Å². The first-order valence-corrected chi connectivity index (χ1v) is 8.57. The number of hydrogen-bond acceptors (Lipinski definition) is 7. The Hall–Kier alpha value is -1.72. The van der Waals surface area contributed by atoms with Gasteiger partial charge in [-0.25, -0.2) is 17.9 Å². The van der Waals surface area contributed by atoms with Gasteiger partial charge in [-0.1, -0.05) is 0 Å². The molecule has 0 saturated carbocycles. The van der Waals surface area contributed by atoms with Crippen LogP contribution < -0.4 is 10.0 Å². The predicted molar refractivity (Wildman–Crippen MR) is 80.4 cm³/mol. The highest BCUT2D eigenvalue weighted by atomic mass is 32.2. The van der Waals surface area contributed by atoms with Crippen molar-refractivity contribution in [3.05, 3.63) is 21.6 Å². The number of nitro groups is 1. The van der Waals surface area contributed by atoms with Crippen LogP contribution in [0.4, 0.5) is 10.5 Å². The summed E-state index contributed by atoms with van der Waals surface area (Å²) in [4.78, 5) is 21.2. The average Bonchev–Trinajstić information content (AvgIpc) is 2.83. The molecule has 0 unspecified atom stereocenters. The van der Waals surface area contributed by atoms with Crippen molar-refractivity contribution in [2.24, 2.45) is 0 Å². The second kappa shape index (κ2) is 7.03. The van der Waals surface area contributed by atoms with E-state index in [1.54, 1.807) is 20.8 Å². The molecule has 0 aliphatic heterocycles. The minimum atomic E-state index is -3.83. The van der Waals surface area contributed by atoms with Crippen LogP contribution >= 0.6 is 11.3 Å². The molecule has 2 N–H and O–H groups in total. The number of rotatable bonds is 6. The lowest BCUT2D eigenvalue weighted by Crippen LogP contribution is -2.37. The number of carbonyl (C=O) groups excluding carboxylic acids is 1. The van der Waals surface area contributed by atoms with Crippen LogP contribution in [0.2, 0.25) is 0 Å². The summed E-state index contributed by atoms with van der Waals surface area (Å²) in [5.41, 5.74) is -0.920. The summed E-state index contributed by atoms with van der Waals surface area (Å²) >= 11 is 0.753. The second-order valence-electron chi connectivity index (χ2n) is 5.21. The van der Waals surface area contributed by atoms with Crippen LogP contribution in [0, 0.1) is 10.1 Å². The Bertz CT molecular complexity index is 647. The zero-order chi connectivity index (χ0) is 17.0. The Labute approximate surface area is 131 Å². The van der Waals surface area contributed by atoms with E-state index < -0.39 is 26.6 Å². The summed E-state index contributed by atoms with van der Waals surface area (Å²) in [6, 6.07) is 0.980. The minimum absolute atomic E-state index is 0.0294. The van der Waals surface area contributed by atoms with E-state index in [4.69, 9.17) is 4.74 Å². The lowest BCUT2D eigenvalue weighted by atomic mass is 10.2. The Kier molecular flexibility index (Phi) is 5.85. The van der Waals surface area contributed by atoms with E-state index in [0.29, 0.717) is 0 Å². The summed E-state index contributed by atoms with van der Waals surface area (Å²) < 4.78 is 30.8. The molecule has 0 atom stereocenters. The van der Waals surface area contributed by atoms with Crippen molar-refractivity contribution in [3.8, 4) is 0 Å². The van der Waals surface area contributed by atoms with Crippen molar-refractivity contribution in [1.29, 1.82) is 0 Å². The van der Waals surface area contributed by atoms with Gasteiger partial charge in [-0.2, -0.15) is 0 Å². The molecule has 0 saturated heterocycles. The molecule has 124 valence electrons. The third-order valence-corrected chi connectivity index (χ3v) is 5.01. The first-order chi connectivity index (χ1) is 10.0. The van der Waals surface area contributed by atoms with E-state index in [2.05, 4.69) is 10.0 Å². The van der Waals surface area contributed by atoms with Crippen molar-refractivity contribution in [1.82, 2.24) is 10.0 Å². The molecular formula is C11H17N3O6S2. The number of hydrogen-bond donors (Lipinski definition) is 2. The smallest absolute Gasteiger partial charge is 0.407 e. The van der Waals surface area contributed by atoms with Gasteiger partial charge in [0.25, 0.3) is 5.69 Å². The van der Waals surface area contributed by atoms with Gasteiger partial charge in [-0.05, 0) is 20.8 Å². The van der Waals surface area contributed by atoms with Gasteiger partial charge in [0.2, 0.25) is 10.0 Å².